The standard InChI is InChI=1S/C11H28O5Si2/c1-13-17(11-12)9-7-5-6-8-10-18(14-2,15-3)16-4/h12,17H,5-11H2,1-4H3. The van der Waals surface area contributed by atoms with E-state index in [9.17, 15) is 0 Å². The second-order valence-electron chi connectivity index (χ2n) is 4.29. The van der Waals surface area contributed by atoms with Crippen molar-refractivity contribution >= 4 is 17.8 Å². The van der Waals surface area contributed by atoms with E-state index in [0.29, 0.717) is 0 Å². The molecule has 1 N–H and O–H groups in total. The summed E-state index contributed by atoms with van der Waals surface area (Å²) < 4.78 is 21.3. The van der Waals surface area contributed by atoms with Crippen LogP contribution in [0.4, 0.5) is 0 Å². The minimum absolute atomic E-state index is 0.240. The smallest absolute Gasteiger partial charge is 0.421 e. The van der Waals surface area contributed by atoms with Gasteiger partial charge in [0.15, 0.2) is 0 Å². The van der Waals surface area contributed by atoms with E-state index in [1.54, 1.807) is 28.4 Å². The predicted octanol–water partition coefficient (Wildman–Crippen LogP) is 1.33. The Bertz CT molecular complexity index is 178. The Kier molecular flexibility index (Phi) is 11.2. The molecule has 0 spiro atoms. The van der Waals surface area contributed by atoms with E-state index in [-0.39, 0.29) is 6.23 Å². The van der Waals surface area contributed by atoms with Crippen LogP contribution in [0.1, 0.15) is 25.7 Å². The summed E-state index contributed by atoms with van der Waals surface area (Å²) in [7, 11) is 2.97. The van der Waals surface area contributed by atoms with Crippen molar-refractivity contribution in [3.8, 4) is 0 Å². The Labute approximate surface area is 113 Å². The highest BCUT2D eigenvalue weighted by Crippen LogP contribution is 2.18. The molecule has 0 saturated heterocycles. The molecule has 0 amide bonds. The fraction of sp³-hybridized carbons (Fsp3) is 1.00. The summed E-state index contributed by atoms with van der Waals surface area (Å²) >= 11 is 0. The highest BCUT2D eigenvalue weighted by molar-refractivity contribution is 6.60. The van der Waals surface area contributed by atoms with Crippen molar-refractivity contribution in [3.63, 3.8) is 0 Å². The van der Waals surface area contributed by atoms with Crippen molar-refractivity contribution in [2.24, 2.45) is 0 Å². The molecule has 0 aromatic rings. The Morgan fingerprint density at radius 3 is 1.89 bits per heavy atom. The van der Waals surface area contributed by atoms with Crippen molar-refractivity contribution in [3.05, 3.63) is 0 Å². The van der Waals surface area contributed by atoms with Crippen molar-refractivity contribution in [2.75, 3.05) is 34.7 Å². The molecule has 110 valence electrons. The monoisotopic (exact) mass is 296 g/mol. The third-order valence-electron chi connectivity index (χ3n) is 3.23. The average molecular weight is 297 g/mol. The lowest BCUT2D eigenvalue weighted by molar-refractivity contribution is 0.122. The lowest BCUT2D eigenvalue weighted by atomic mass is 10.2. The van der Waals surface area contributed by atoms with Gasteiger partial charge in [0, 0.05) is 34.5 Å². The second-order valence-corrected chi connectivity index (χ2v) is 10.0. The van der Waals surface area contributed by atoms with Crippen LogP contribution in [0.5, 0.6) is 0 Å². The fourth-order valence-electron chi connectivity index (χ4n) is 1.91. The van der Waals surface area contributed by atoms with Gasteiger partial charge in [-0.05, 0) is 12.5 Å². The number of rotatable bonds is 12. The Hall–Kier alpha value is 0.234. The summed E-state index contributed by atoms with van der Waals surface area (Å²) in [6.45, 7) is 0. The van der Waals surface area contributed by atoms with Gasteiger partial charge in [-0.25, -0.2) is 0 Å². The highest BCUT2D eigenvalue weighted by Gasteiger charge is 2.36. The molecule has 0 radical (unpaired) electrons. The predicted molar refractivity (Wildman–Crippen MR) is 76.1 cm³/mol. The van der Waals surface area contributed by atoms with Crippen LogP contribution in [-0.2, 0) is 17.7 Å². The van der Waals surface area contributed by atoms with E-state index < -0.39 is 17.8 Å². The van der Waals surface area contributed by atoms with Gasteiger partial charge in [-0.15, -0.1) is 0 Å². The molecule has 1 unspecified atom stereocenters. The molecule has 5 nitrogen and oxygen atoms in total. The van der Waals surface area contributed by atoms with Gasteiger partial charge in [-0.1, -0.05) is 19.3 Å². The zero-order chi connectivity index (χ0) is 13.9. The van der Waals surface area contributed by atoms with Crippen LogP contribution in [0.15, 0.2) is 0 Å². The van der Waals surface area contributed by atoms with Gasteiger partial charge in [-0.3, -0.25) is 0 Å². The average Bonchev–Trinajstić information content (AvgIpc) is 2.43. The summed E-state index contributed by atoms with van der Waals surface area (Å²) in [6, 6.07) is 1.91. The Morgan fingerprint density at radius 1 is 0.889 bits per heavy atom. The van der Waals surface area contributed by atoms with Crippen LogP contribution in [-0.4, -0.2) is 57.6 Å². The number of unbranched alkanes of at least 4 members (excludes halogenated alkanes) is 3. The van der Waals surface area contributed by atoms with Gasteiger partial charge in [-0.2, -0.15) is 0 Å². The number of aliphatic hydroxyl groups is 1. The fourth-order valence-corrected chi connectivity index (χ4v) is 5.01. The first-order valence-corrected chi connectivity index (χ1v) is 10.5. The van der Waals surface area contributed by atoms with E-state index in [1.807, 2.05) is 0 Å². The summed E-state index contributed by atoms with van der Waals surface area (Å²) in [5.74, 6) is 0. The van der Waals surface area contributed by atoms with Crippen molar-refractivity contribution in [2.45, 2.75) is 37.8 Å². The zero-order valence-corrected chi connectivity index (χ0v) is 14.3. The molecule has 7 heteroatoms. The van der Waals surface area contributed by atoms with E-state index >= 15 is 0 Å². The first-order chi connectivity index (χ1) is 8.67. The molecule has 0 aliphatic rings. The van der Waals surface area contributed by atoms with Gasteiger partial charge in [0.25, 0.3) is 0 Å². The van der Waals surface area contributed by atoms with Crippen molar-refractivity contribution in [1.82, 2.24) is 0 Å². The van der Waals surface area contributed by atoms with Gasteiger partial charge in [0.2, 0.25) is 9.04 Å². The van der Waals surface area contributed by atoms with Gasteiger partial charge < -0.3 is 22.8 Å². The second kappa shape index (κ2) is 11.1. The quantitative estimate of drug-likeness (QED) is 0.435. The number of hydrogen-bond donors (Lipinski definition) is 1. The molecule has 0 aliphatic carbocycles. The Morgan fingerprint density at radius 2 is 1.44 bits per heavy atom. The summed E-state index contributed by atoms with van der Waals surface area (Å²) in [5.41, 5.74) is 0. The van der Waals surface area contributed by atoms with Gasteiger partial charge in [0.1, 0.15) is 0 Å². The largest absolute Gasteiger partial charge is 0.500 e. The molecule has 0 rings (SSSR count). The molecular weight excluding hydrogens is 268 g/mol. The van der Waals surface area contributed by atoms with E-state index in [4.69, 9.17) is 22.8 Å². The molecule has 0 heterocycles. The lowest BCUT2D eigenvalue weighted by Gasteiger charge is -2.24. The maximum Gasteiger partial charge on any atom is 0.500 e. The normalized spacial score (nSPS) is 13.8. The lowest BCUT2D eigenvalue weighted by Crippen LogP contribution is -2.42. The first-order valence-electron chi connectivity index (χ1n) is 6.47. The summed E-state index contributed by atoms with van der Waals surface area (Å²) in [6.07, 6.45) is 4.73. The highest BCUT2D eigenvalue weighted by atomic mass is 28.4. The summed E-state index contributed by atoms with van der Waals surface area (Å²) in [5, 5.41) is 9.02. The molecule has 0 saturated carbocycles. The van der Waals surface area contributed by atoms with E-state index in [1.165, 1.54) is 0 Å². The van der Waals surface area contributed by atoms with Crippen LogP contribution >= 0.6 is 0 Å². The molecule has 0 bridgehead atoms. The number of aliphatic hydroxyl groups excluding tert-OH is 1. The maximum atomic E-state index is 9.02. The van der Waals surface area contributed by atoms with Crippen molar-refractivity contribution in [1.29, 1.82) is 0 Å². The van der Waals surface area contributed by atoms with Crippen molar-refractivity contribution < 1.29 is 22.8 Å². The minimum Gasteiger partial charge on any atom is -0.421 e. The van der Waals surface area contributed by atoms with Gasteiger partial charge >= 0.3 is 8.80 Å². The summed E-state index contributed by atoms with van der Waals surface area (Å²) in [4.78, 5) is 0. The third-order valence-corrected chi connectivity index (χ3v) is 8.19. The molecule has 0 aliphatic heterocycles. The third kappa shape index (κ3) is 6.98. The molecule has 18 heavy (non-hydrogen) atoms. The van der Waals surface area contributed by atoms with Crippen LogP contribution in [0.3, 0.4) is 0 Å². The van der Waals surface area contributed by atoms with Crippen LogP contribution in [0.25, 0.3) is 0 Å². The van der Waals surface area contributed by atoms with Crippen LogP contribution < -0.4 is 0 Å². The van der Waals surface area contributed by atoms with Crippen LogP contribution in [0, 0.1) is 0 Å². The van der Waals surface area contributed by atoms with E-state index in [2.05, 4.69) is 0 Å². The molecule has 0 aromatic heterocycles. The molecular formula is C11H28O5Si2. The minimum atomic E-state index is -2.37. The number of hydrogen-bond acceptors (Lipinski definition) is 5. The van der Waals surface area contributed by atoms with Gasteiger partial charge in [0.05, 0.1) is 6.23 Å². The molecule has 0 fully saturated rings. The SMILES string of the molecule is CO[SiH](CO)CCCCCC[Si](OC)(OC)OC. The van der Waals surface area contributed by atoms with Crippen LogP contribution in [0.2, 0.25) is 12.1 Å². The zero-order valence-electron chi connectivity index (χ0n) is 12.1. The maximum absolute atomic E-state index is 9.02. The molecule has 0 aromatic carbocycles. The topological polar surface area (TPSA) is 57.2 Å². The Balaban J connectivity index is 3.61. The van der Waals surface area contributed by atoms with E-state index in [0.717, 1.165) is 37.8 Å². The first kappa shape index (κ1) is 18.2. The molecule has 1 atom stereocenters.